The van der Waals surface area contributed by atoms with Crippen molar-refractivity contribution in [3.63, 3.8) is 0 Å². The zero-order valence-corrected chi connectivity index (χ0v) is 9.53. The van der Waals surface area contributed by atoms with E-state index in [0.29, 0.717) is 6.04 Å². The predicted octanol–water partition coefficient (Wildman–Crippen LogP) is 1.58. The van der Waals surface area contributed by atoms with Crippen molar-refractivity contribution in [1.82, 2.24) is 10.3 Å². The number of rotatable bonds is 2. The maximum atomic E-state index is 4.47. The van der Waals surface area contributed by atoms with Crippen molar-refractivity contribution in [2.45, 2.75) is 25.8 Å². The molecule has 3 heteroatoms. The molecule has 0 saturated carbocycles. The van der Waals surface area contributed by atoms with E-state index in [4.69, 9.17) is 0 Å². The third kappa shape index (κ3) is 2.48. The van der Waals surface area contributed by atoms with E-state index in [-0.39, 0.29) is 0 Å². The summed E-state index contributed by atoms with van der Waals surface area (Å²) in [6.07, 6.45) is 4.47. The average molecular weight is 205 g/mol. The zero-order chi connectivity index (χ0) is 10.7. The van der Waals surface area contributed by atoms with Crippen LogP contribution in [-0.4, -0.2) is 31.2 Å². The van der Waals surface area contributed by atoms with Crippen LogP contribution in [0.3, 0.4) is 0 Å². The van der Waals surface area contributed by atoms with Crippen LogP contribution in [0.5, 0.6) is 0 Å². The van der Waals surface area contributed by atoms with E-state index in [2.05, 4.69) is 34.3 Å². The van der Waals surface area contributed by atoms with Crippen LogP contribution in [0.2, 0.25) is 0 Å². The van der Waals surface area contributed by atoms with Gasteiger partial charge in [0.05, 0.1) is 0 Å². The summed E-state index contributed by atoms with van der Waals surface area (Å²) >= 11 is 0. The van der Waals surface area contributed by atoms with Crippen molar-refractivity contribution in [2.75, 3.05) is 25.0 Å². The molecule has 1 fully saturated rings. The Morgan fingerprint density at radius 3 is 3.00 bits per heavy atom. The highest BCUT2D eigenvalue weighted by Crippen LogP contribution is 2.17. The second-order valence-electron chi connectivity index (χ2n) is 4.27. The van der Waals surface area contributed by atoms with Crippen molar-refractivity contribution in [1.29, 1.82) is 0 Å². The molecule has 3 nitrogen and oxygen atoms in total. The summed E-state index contributed by atoms with van der Waals surface area (Å²) in [5, 5.41) is 3.35. The number of hydrogen-bond acceptors (Lipinski definition) is 3. The van der Waals surface area contributed by atoms with Crippen molar-refractivity contribution >= 4 is 5.82 Å². The normalized spacial score (nSPS) is 21.7. The summed E-state index contributed by atoms with van der Waals surface area (Å²) in [6, 6.07) is 4.86. The Labute approximate surface area is 91.5 Å². The van der Waals surface area contributed by atoms with Crippen molar-refractivity contribution in [3.05, 3.63) is 23.9 Å². The molecule has 2 heterocycles. The number of pyridine rings is 1. The second kappa shape index (κ2) is 4.62. The smallest absolute Gasteiger partial charge is 0.128 e. The molecular weight excluding hydrogens is 186 g/mol. The maximum absolute atomic E-state index is 4.47. The Kier molecular flexibility index (Phi) is 3.21. The lowest BCUT2D eigenvalue weighted by Crippen LogP contribution is -2.44. The number of hydrogen-bond donors (Lipinski definition) is 1. The number of aromatic nitrogens is 1. The van der Waals surface area contributed by atoms with Crippen LogP contribution in [0.15, 0.2) is 18.3 Å². The van der Waals surface area contributed by atoms with Gasteiger partial charge in [0.2, 0.25) is 0 Å². The first-order chi connectivity index (χ1) is 7.29. The molecule has 0 bridgehead atoms. The lowest BCUT2D eigenvalue weighted by molar-refractivity contribution is 0.447. The van der Waals surface area contributed by atoms with Gasteiger partial charge < -0.3 is 10.2 Å². The van der Waals surface area contributed by atoms with E-state index in [9.17, 15) is 0 Å². The van der Waals surface area contributed by atoms with Gasteiger partial charge in [0.15, 0.2) is 0 Å². The van der Waals surface area contributed by atoms with Crippen molar-refractivity contribution < 1.29 is 0 Å². The van der Waals surface area contributed by atoms with Crippen molar-refractivity contribution in [3.8, 4) is 0 Å². The molecule has 1 aromatic heterocycles. The fraction of sp³-hybridized carbons (Fsp3) is 0.583. The monoisotopic (exact) mass is 205 g/mol. The molecular formula is C12H19N3. The first kappa shape index (κ1) is 10.4. The Bertz CT molecular complexity index is 307. The molecule has 82 valence electrons. The van der Waals surface area contributed by atoms with Gasteiger partial charge in [-0.2, -0.15) is 0 Å². The molecule has 0 spiro atoms. The van der Waals surface area contributed by atoms with E-state index in [1.54, 1.807) is 0 Å². The number of nitrogens with zero attached hydrogens (tertiary/aromatic N) is 2. The molecule has 0 unspecified atom stereocenters. The van der Waals surface area contributed by atoms with Gasteiger partial charge in [0.1, 0.15) is 5.82 Å². The minimum absolute atomic E-state index is 0.613. The van der Waals surface area contributed by atoms with Gasteiger partial charge in [0, 0.05) is 25.3 Å². The standard InChI is InChI=1S/C12H19N3/c1-10-5-6-12(14-8-10)15-7-3-4-11(9-15)13-2/h5-6,8,11,13H,3-4,7,9H2,1-2H3/t11-/m1/s1. The molecule has 1 aliphatic heterocycles. The number of aryl methyl sites for hydroxylation is 1. The summed E-state index contributed by atoms with van der Waals surface area (Å²) < 4.78 is 0. The van der Waals surface area contributed by atoms with Gasteiger partial charge in [-0.1, -0.05) is 6.07 Å². The molecule has 1 aliphatic rings. The van der Waals surface area contributed by atoms with Gasteiger partial charge in [0.25, 0.3) is 0 Å². The summed E-state index contributed by atoms with van der Waals surface area (Å²) in [6.45, 7) is 4.28. The van der Waals surface area contributed by atoms with Crippen LogP contribution in [0.1, 0.15) is 18.4 Å². The van der Waals surface area contributed by atoms with E-state index < -0.39 is 0 Å². The highest BCUT2D eigenvalue weighted by Gasteiger charge is 2.18. The molecule has 1 saturated heterocycles. The molecule has 0 aliphatic carbocycles. The van der Waals surface area contributed by atoms with Gasteiger partial charge in [-0.3, -0.25) is 0 Å². The van der Waals surface area contributed by atoms with Gasteiger partial charge >= 0.3 is 0 Å². The number of anilines is 1. The van der Waals surface area contributed by atoms with Crippen LogP contribution in [-0.2, 0) is 0 Å². The van der Waals surface area contributed by atoms with Gasteiger partial charge in [-0.25, -0.2) is 4.98 Å². The van der Waals surface area contributed by atoms with E-state index in [1.165, 1.54) is 18.4 Å². The molecule has 15 heavy (non-hydrogen) atoms. The first-order valence-corrected chi connectivity index (χ1v) is 5.64. The minimum atomic E-state index is 0.613. The van der Waals surface area contributed by atoms with Crippen LogP contribution < -0.4 is 10.2 Å². The SMILES string of the molecule is CN[C@@H]1CCCN(c2ccc(C)cn2)C1. The van der Waals surface area contributed by atoms with E-state index >= 15 is 0 Å². The van der Waals surface area contributed by atoms with Crippen molar-refractivity contribution in [2.24, 2.45) is 0 Å². The Morgan fingerprint density at radius 2 is 2.33 bits per heavy atom. The third-order valence-electron chi connectivity index (χ3n) is 3.05. The number of piperidine rings is 1. The largest absolute Gasteiger partial charge is 0.355 e. The van der Waals surface area contributed by atoms with E-state index in [1.807, 2.05) is 13.2 Å². The van der Waals surface area contributed by atoms with Crippen LogP contribution in [0.4, 0.5) is 5.82 Å². The molecule has 1 N–H and O–H groups in total. The quantitative estimate of drug-likeness (QED) is 0.794. The fourth-order valence-electron chi connectivity index (χ4n) is 2.07. The third-order valence-corrected chi connectivity index (χ3v) is 3.05. The molecule has 0 radical (unpaired) electrons. The minimum Gasteiger partial charge on any atom is -0.355 e. The Morgan fingerprint density at radius 1 is 1.47 bits per heavy atom. The zero-order valence-electron chi connectivity index (χ0n) is 9.53. The molecule has 1 atom stereocenters. The summed E-state index contributed by atoms with van der Waals surface area (Å²) in [5.74, 6) is 1.11. The number of likely N-dealkylation sites (N-methyl/N-ethyl adjacent to an activating group) is 1. The molecule has 0 aromatic carbocycles. The molecule has 2 rings (SSSR count). The highest BCUT2D eigenvalue weighted by molar-refractivity contribution is 5.39. The van der Waals surface area contributed by atoms with Crippen LogP contribution >= 0.6 is 0 Å². The maximum Gasteiger partial charge on any atom is 0.128 e. The number of nitrogens with one attached hydrogen (secondary N) is 1. The lowest BCUT2D eigenvalue weighted by atomic mass is 10.1. The Balaban J connectivity index is 2.06. The Hall–Kier alpha value is -1.09. The highest BCUT2D eigenvalue weighted by atomic mass is 15.2. The van der Waals surface area contributed by atoms with E-state index in [0.717, 1.165) is 18.9 Å². The lowest BCUT2D eigenvalue weighted by Gasteiger charge is -2.33. The fourth-order valence-corrected chi connectivity index (χ4v) is 2.07. The molecule has 1 aromatic rings. The average Bonchev–Trinajstić information content (AvgIpc) is 2.30. The topological polar surface area (TPSA) is 28.2 Å². The van der Waals surface area contributed by atoms with Gasteiger partial charge in [-0.05, 0) is 38.4 Å². The van der Waals surface area contributed by atoms with Crippen LogP contribution in [0.25, 0.3) is 0 Å². The second-order valence-corrected chi connectivity index (χ2v) is 4.27. The first-order valence-electron chi connectivity index (χ1n) is 5.64. The van der Waals surface area contributed by atoms with Crippen LogP contribution in [0, 0.1) is 6.92 Å². The summed E-state index contributed by atoms with van der Waals surface area (Å²) in [5.41, 5.74) is 1.22. The summed E-state index contributed by atoms with van der Waals surface area (Å²) in [4.78, 5) is 6.83. The predicted molar refractivity (Wildman–Crippen MR) is 63.3 cm³/mol. The summed E-state index contributed by atoms with van der Waals surface area (Å²) in [7, 11) is 2.04. The van der Waals surface area contributed by atoms with Gasteiger partial charge in [-0.15, -0.1) is 0 Å². The molecule has 0 amide bonds.